The molecule has 3 heterocycles. The Hall–Kier alpha value is -3.28. The summed E-state index contributed by atoms with van der Waals surface area (Å²) < 4.78 is 8.57. The highest BCUT2D eigenvalue weighted by atomic mass is 35.5. The zero-order valence-electron chi connectivity index (χ0n) is 17.1. The Bertz CT molecular complexity index is 1350. The molecule has 0 N–H and O–H groups in total. The zero-order chi connectivity index (χ0) is 21.8. The van der Waals surface area contributed by atoms with E-state index in [2.05, 4.69) is 21.0 Å². The van der Waals surface area contributed by atoms with E-state index in [1.807, 2.05) is 78.5 Å². The van der Waals surface area contributed by atoms with Gasteiger partial charge in [-0.25, -0.2) is 4.68 Å². The molecule has 0 spiro atoms. The van der Waals surface area contributed by atoms with Crippen LogP contribution in [0.2, 0.25) is 10.0 Å². The third-order valence-corrected chi connectivity index (χ3v) is 6.53. The van der Waals surface area contributed by atoms with Crippen LogP contribution in [0.4, 0.5) is 5.95 Å². The number of hydrogen-bond donors (Lipinski definition) is 0. The molecule has 0 aliphatic carbocycles. The van der Waals surface area contributed by atoms with Gasteiger partial charge in [0.2, 0.25) is 5.95 Å². The topological polar surface area (TPSA) is 43.2 Å². The quantitative estimate of drug-likeness (QED) is 0.358. The van der Waals surface area contributed by atoms with Crippen molar-refractivity contribution in [2.24, 2.45) is 0 Å². The summed E-state index contributed by atoms with van der Waals surface area (Å²) in [5.74, 6) is 1.61. The number of ether oxygens (including phenoxy) is 1. The lowest BCUT2D eigenvalue weighted by atomic mass is 9.84. The predicted molar refractivity (Wildman–Crippen MR) is 126 cm³/mol. The number of para-hydroxylation sites is 1. The minimum Gasteiger partial charge on any atom is -0.480 e. The number of benzene rings is 3. The molecule has 158 valence electrons. The largest absolute Gasteiger partial charge is 0.480 e. The van der Waals surface area contributed by atoms with Gasteiger partial charge in [0.05, 0.1) is 5.70 Å². The van der Waals surface area contributed by atoms with Gasteiger partial charge in [0.1, 0.15) is 24.2 Å². The minimum atomic E-state index is -0.322. The molecular formula is C25H18Cl2N4O. The fourth-order valence-corrected chi connectivity index (χ4v) is 4.88. The van der Waals surface area contributed by atoms with E-state index in [1.165, 1.54) is 0 Å². The van der Waals surface area contributed by atoms with Crippen LogP contribution in [0.1, 0.15) is 28.8 Å². The molecule has 0 fully saturated rings. The first-order chi connectivity index (χ1) is 15.6. The van der Waals surface area contributed by atoms with Crippen LogP contribution in [0.5, 0.6) is 5.75 Å². The number of nitrogens with zero attached hydrogens (tertiary/aromatic N) is 4. The van der Waals surface area contributed by atoms with E-state index in [1.54, 1.807) is 6.33 Å². The molecule has 0 saturated heterocycles. The maximum atomic E-state index is 6.63. The SMILES string of the molecule is CN1C2=C([C@H](c3ccc(Cl)cc3)n3ncnc31)[C@@H](c1ccc(Cl)cc1)Oc1ccccc12. The lowest BCUT2D eigenvalue weighted by Crippen LogP contribution is -2.37. The van der Waals surface area contributed by atoms with Gasteiger partial charge in [-0.1, -0.05) is 59.6 Å². The standard InChI is InChI=1S/C25H18Cl2N4O/c1-30-23-19-4-2-3-5-20(19)32-24(16-8-12-18(27)13-9-16)21(23)22(31-25(30)28-14-29-31)15-6-10-17(26)11-7-15/h2-14,22,24H,1H3/t22-,24+/m0/s1. The second-order valence-corrected chi connectivity index (χ2v) is 8.74. The van der Waals surface area contributed by atoms with Gasteiger partial charge in [0.15, 0.2) is 0 Å². The Kier molecular flexibility index (Phi) is 4.49. The van der Waals surface area contributed by atoms with Crippen LogP contribution in [0.25, 0.3) is 5.70 Å². The lowest BCUT2D eigenvalue weighted by Gasteiger charge is -2.42. The Morgan fingerprint density at radius 2 is 1.50 bits per heavy atom. The van der Waals surface area contributed by atoms with E-state index in [0.29, 0.717) is 10.0 Å². The number of aromatic nitrogens is 3. The molecule has 5 nitrogen and oxygen atoms in total. The van der Waals surface area contributed by atoms with E-state index >= 15 is 0 Å². The van der Waals surface area contributed by atoms with E-state index < -0.39 is 0 Å². The van der Waals surface area contributed by atoms with Crippen LogP contribution in [0.3, 0.4) is 0 Å². The van der Waals surface area contributed by atoms with Gasteiger partial charge >= 0.3 is 0 Å². The molecule has 0 amide bonds. The maximum Gasteiger partial charge on any atom is 0.229 e. The highest BCUT2D eigenvalue weighted by molar-refractivity contribution is 6.30. The van der Waals surface area contributed by atoms with Gasteiger partial charge in [-0.3, -0.25) is 0 Å². The first kappa shape index (κ1) is 19.4. The second-order valence-electron chi connectivity index (χ2n) is 7.87. The van der Waals surface area contributed by atoms with Crippen LogP contribution in [-0.2, 0) is 0 Å². The smallest absolute Gasteiger partial charge is 0.229 e. The molecule has 0 bridgehead atoms. The van der Waals surface area contributed by atoms with Crippen molar-refractivity contribution >= 4 is 34.8 Å². The Morgan fingerprint density at radius 3 is 2.22 bits per heavy atom. The van der Waals surface area contributed by atoms with E-state index in [0.717, 1.165) is 39.7 Å². The third kappa shape index (κ3) is 2.93. The van der Waals surface area contributed by atoms with Gasteiger partial charge in [0.25, 0.3) is 0 Å². The first-order valence-electron chi connectivity index (χ1n) is 10.3. The molecule has 3 aromatic carbocycles. The average Bonchev–Trinajstić information content (AvgIpc) is 3.30. The van der Waals surface area contributed by atoms with Crippen molar-refractivity contribution in [2.45, 2.75) is 12.1 Å². The summed E-state index contributed by atoms with van der Waals surface area (Å²) in [7, 11) is 2.02. The molecule has 1 aromatic heterocycles. The van der Waals surface area contributed by atoms with Crippen LogP contribution >= 0.6 is 23.2 Å². The normalized spacial score (nSPS) is 19.2. The van der Waals surface area contributed by atoms with E-state index in [9.17, 15) is 0 Å². The highest BCUT2D eigenvalue weighted by Gasteiger charge is 2.42. The zero-order valence-corrected chi connectivity index (χ0v) is 18.6. The summed E-state index contributed by atoms with van der Waals surface area (Å²) in [4.78, 5) is 6.66. The highest BCUT2D eigenvalue weighted by Crippen LogP contribution is 2.52. The molecule has 0 saturated carbocycles. The van der Waals surface area contributed by atoms with E-state index in [-0.39, 0.29) is 12.1 Å². The number of fused-ring (bicyclic) bond motifs is 3. The van der Waals surface area contributed by atoms with Crippen molar-refractivity contribution in [3.05, 3.63) is 111 Å². The summed E-state index contributed by atoms with van der Waals surface area (Å²) in [6.07, 6.45) is 1.27. The van der Waals surface area contributed by atoms with Crippen molar-refractivity contribution in [3.63, 3.8) is 0 Å². The Balaban J connectivity index is 1.65. The molecule has 2 aliphatic rings. The number of rotatable bonds is 2. The van der Waals surface area contributed by atoms with Gasteiger partial charge < -0.3 is 9.64 Å². The number of hydrogen-bond acceptors (Lipinski definition) is 4. The van der Waals surface area contributed by atoms with Crippen molar-refractivity contribution in [1.29, 1.82) is 0 Å². The van der Waals surface area contributed by atoms with Crippen LogP contribution < -0.4 is 9.64 Å². The van der Waals surface area contributed by atoms with Crippen LogP contribution in [-0.4, -0.2) is 21.8 Å². The van der Waals surface area contributed by atoms with Crippen LogP contribution in [0.15, 0.2) is 84.7 Å². The third-order valence-electron chi connectivity index (χ3n) is 6.03. The van der Waals surface area contributed by atoms with Crippen molar-refractivity contribution in [1.82, 2.24) is 14.8 Å². The summed E-state index contributed by atoms with van der Waals surface area (Å²) >= 11 is 12.4. The summed E-state index contributed by atoms with van der Waals surface area (Å²) in [5, 5.41) is 5.97. The van der Waals surface area contributed by atoms with Crippen LogP contribution in [0, 0.1) is 0 Å². The molecule has 2 atom stereocenters. The second kappa shape index (κ2) is 7.40. The average molecular weight is 461 g/mol. The van der Waals surface area contributed by atoms with Crippen molar-refractivity contribution in [3.8, 4) is 5.75 Å². The van der Waals surface area contributed by atoms with Crippen molar-refractivity contribution < 1.29 is 4.74 Å². The van der Waals surface area contributed by atoms with E-state index in [4.69, 9.17) is 27.9 Å². The molecule has 6 rings (SSSR count). The predicted octanol–water partition coefficient (Wildman–Crippen LogP) is 6.17. The van der Waals surface area contributed by atoms with Crippen molar-refractivity contribution in [2.75, 3.05) is 11.9 Å². The Morgan fingerprint density at radius 1 is 0.844 bits per heavy atom. The van der Waals surface area contributed by atoms with Gasteiger partial charge in [-0.2, -0.15) is 10.1 Å². The molecular weight excluding hydrogens is 443 g/mol. The molecule has 7 heteroatoms. The molecule has 32 heavy (non-hydrogen) atoms. The summed E-state index contributed by atoms with van der Waals surface area (Å²) in [6.45, 7) is 0. The summed E-state index contributed by atoms with van der Waals surface area (Å²) in [5.41, 5.74) is 5.28. The van der Waals surface area contributed by atoms with Gasteiger partial charge in [0, 0.05) is 28.2 Å². The fraction of sp³-hybridized carbons (Fsp3) is 0.120. The molecule has 0 unspecified atom stereocenters. The minimum absolute atomic E-state index is 0.204. The first-order valence-corrected chi connectivity index (χ1v) is 11.0. The number of halogens is 2. The monoisotopic (exact) mass is 460 g/mol. The molecule has 2 aliphatic heterocycles. The maximum absolute atomic E-state index is 6.63. The van der Waals surface area contributed by atoms with Gasteiger partial charge in [-0.15, -0.1) is 0 Å². The molecule has 0 radical (unpaired) electrons. The molecule has 4 aromatic rings. The van der Waals surface area contributed by atoms with Gasteiger partial charge in [-0.05, 0) is 47.5 Å². The number of anilines is 1. The summed E-state index contributed by atoms with van der Waals surface area (Å²) in [6, 6.07) is 23.6. The Labute approximate surface area is 195 Å². The fourth-order valence-electron chi connectivity index (χ4n) is 4.63. The lowest BCUT2D eigenvalue weighted by molar-refractivity contribution is 0.222.